The van der Waals surface area contributed by atoms with Gasteiger partial charge in [0.15, 0.2) is 0 Å². The van der Waals surface area contributed by atoms with Crippen molar-refractivity contribution < 1.29 is 9.85 Å². The minimum Gasteiger partial charge on any atom is -0.258 e. The molecule has 0 fully saturated rings. The van der Waals surface area contributed by atoms with Crippen LogP contribution < -0.4 is 0 Å². The molecule has 0 unspecified atom stereocenters. The van der Waals surface area contributed by atoms with Gasteiger partial charge in [-0.1, -0.05) is 23.9 Å². The third-order valence-corrected chi connectivity index (χ3v) is 4.45. The molecule has 0 atom stereocenters. The van der Waals surface area contributed by atoms with Gasteiger partial charge in [0.2, 0.25) is 0 Å². The molecule has 0 amide bonds. The highest BCUT2D eigenvalue weighted by Gasteiger charge is 2.17. The SMILES string of the molecule is Cc1c(Sc2cccc([N+](=O)[O-])c2C)cccc1[N+](=O)[O-]. The first-order valence-electron chi connectivity index (χ1n) is 6.07. The van der Waals surface area contributed by atoms with Gasteiger partial charge in [-0.05, 0) is 26.0 Å². The minimum absolute atomic E-state index is 0.0445. The Morgan fingerprint density at radius 3 is 1.52 bits per heavy atom. The molecule has 6 nitrogen and oxygen atoms in total. The van der Waals surface area contributed by atoms with Gasteiger partial charge in [0.05, 0.1) is 9.85 Å². The zero-order chi connectivity index (χ0) is 15.6. The average Bonchev–Trinajstić information content (AvgIpc) is 2.42. The number of nitrogens with zero attached hydrogens (tertiary/aromatic N) is 2. The van der Waals surface area contributed by atoms with Crippen LogP contribution >= 0.6 is 11.8 Å². The molecule has 0 bridgehead atoms. The number of rotatable bonds is 4. The van der Waals surface area contributed by atoms with E-state index in [9.17, 15) is 20.2 Å². The van der Waals surface area contributed by atoms with Crippen LogP contribution in [0.1, 0.15) is 11.1 Å². The van der Waals surface area contributed by atoms with Gasteiger partial charge in [-0.2, -0.15) is 0 Å². The van der Waals surface area contributed by atoms with E-state index in [4.69, 9.17) is 0 Å². The van der Waals surface area contributed by atoms with Crippen LogP contribution in [0, 0.1) is 34.1 Å². The van der Waals surface area contributed by atoms with E-state index in [2.05, 4.69) is 0 Å². The third kappa shape index (κ3) is 3.03. The second kappa shape index (κ2) is 5.92. The van der Waals surface area contributed by atoms with Gasteiger partial charge in [0.25, 0.3) is 11.4 Å². The van der Waals surface area contributed by atoms with Gasteiger partial charge in [-0.15, -0.1) is 0 Å². The summed E-state index contributed by atoms with van der Waals surface area (Å²) in [4.78, 5) is 22.5. The molecule has 0 aliphatic rings. The lowest BCUT2D eigenvalue weighted by atomic mass is 10.2. The molecular weight excluding hydrogens is 292 g/mol. The van der Waals surface area contributed by atoms with E-state index >= 15 is 0 Å². The first-order chi connectivity index (χ1) is 9.91. The van der Waals surface area contributed by atoms with Crippen molar-refractivity contribution in [3.05, 3.63) is 67.8 Å². The molecule has 7 heteroatoms. The monoisotopic (exact) mass is 304 g/mol. The van der Waals surface area contributed by atoms with E-state index in [0.717, 1.165) is 0 Å². The van der Waals surface area contributed by atoms with Crippen molar-refractivity contribution in [3.63, 3.8) is 0 Å². The molecule has 0 N–H and O–H groups in total. The van der Waals surface area contributed by atoms with Crippen LogP contribution in [0.25, 0.3) is 0 Å². The quantitative estimate of drug-likeness (QED) is 0.621. The van der Waals surface area contributed by atoms with Crippen LogP contribution in [0.4, 0.5) is 11.4 Å². The summed E-state index contributed by atoms with van der Waals surface area (Å²) in [5, 5.41) is 21.9. The summed E-state index contributed by atoms with van der Waals surface area (Å²) in [6.07, 6.45) is 0. The lowest BCUT2D eigenvalue weighted by Crippen LogP contribution is -1.94. The maximum Gasteiger partial charge on any atom is 0.273 e. The predicted molar refractivity (Wildman–Crippen MR) is 79.8 cm³/mol. The van der Waals surface area contributed by atoms with Gasteiger partial charge >= 0.3 is 0 Å². The number of nitro groups is 2. The van der Waals surface area contributed by atoms with Crippen LogP contribution in [0.2, 0.25) is 0 Å². The van der Waals surface area contributed by atoms with Crippen molar-refractivity contribution in [2.75, 3.05) is 0 Å². The van der Waals surface area contributed by atoms with Crippen molar-refractivity contribution in [2.24, 2.45) is 0 Å². The van der Waals surface area contributed by atoms with Crippen molar-refractivity contribution >= 4 is 23.1 Å². The van der Waals surface area contributed by atoms with Crippen LogP contribution in [0.3, 0.4) is 0 Å². The van der Waals surface area contributed by atoms with Gasteiger partial charge in [0, 0.05) is 33.1 Å². The largest absolute Gasteiger partial charge is 0.273 e. The number of hydrogen-bond acceptors (Lipinski definition) is 5. The van der Waals surface area contributed by atoms with E-state index in [0.29, 0.717) is 20.9 Å². The molecule has 0 heterocycles. The zero-order valence-electron chi connectivity index (χ0n) is 11.4. The topological polar surface area (TPSA) is 86.3 Å². The lowest BCUT2D eigenvalue weighted by Gasteiger charge is -2.08. The van der Waals surface area contributed by atoms with E-state index < -0.39 is 9.85 Å². The maximum absolute atomic E-state index is 10.9. The van der Waals surface area contributed by atoms with Crippen molar-refractivity contribution in [1.29, 1.82) is 0 Å². The standard InChI is InChI=1S/C14H12N2O4S/c1-9-11(15(17)18)5-3-7-13(9)21-14-8-4-6-12(10(14)2)16(19)20/h3-8H,1-2H3. The summed E-state index contributed by atoms with van der Waals surface area (Å²) < 4.78 is 0. The number of hydrogen-bond donors (Lipinski definition) is 0. The molecule has 0 saturated carbocycles. The highest BCUT2D eigenvalue weighted by molar-refractivity contribution is 7.99. The normalized spacial score (nSPS) is 10.4. The molecule has 0 aliphatic carbocycles. The summed E-state index contributed by atoms with van der Waals surface area (Å²) in [6, 6.07) is 9.65. The first-order valence-corrected chi connectivity index (χ1v) is 6.89. The Hall–Kier alpha value is -2.41. The van der Waals surface area contributed by atoms with E-state index in [1.165, 1.54) is 23.9 Å². The Morgan fingerprint density at radius 2 is 1.19 bits per heavy atom. The Balaban J connectivity index is 2.44. The molecule has 2 aromatic carbocycles. The summed E-state index contributed by atoms with van der Waals surface area (Å²) in [6.45, 7) is 3.35. The second-order valence-corrected chi connectivity index (χ2v) is 5.50. The zero-order valence-corrected chi connectivity index (χ0v) is 12.2. The summed E-state index contributed by atoms with van der Waals surface area (Å²) >= 11 is 1.30. The molecule has 2 rings (SSSR count). The molecule has 108 valence electrons. The van der Waals surface area contributed by atoms with Crippen molar-refractivity contribution in [2.45, 2.75) is 23.6 Å². The Bertz CT molecular complexity index is 669. The Morgan fingerprint density at radius 1 is 0.810 bits per heavy atom. The molecule has 2 aromatic rings. The minimum atomic E-state index is -0.431. The van der Waals surface area contributed by atoms with Gasteiger partial charge < -0.3 is 0 Å². The molecule has 0 aliphatic heterocycles. The van der Waals surface area contributed by atoms with Crippen LogP contribution in [0.5, 0.6) is 0 Å². The molecule has 0 radical (unpaired) electrons. The van der Waals surface area contributed by atoms with E-state index in [1.807, 2.05) is 0 Å². The fraction of sp³-hybridized carbons (Fsp3) is 0.143. The number of nitro benzene ring substituents is 2. The fourth-order valence-corrected chi connectivity index (χ4v) is 2.99. The molecule has 0 aromatic heterocycles. The fourth-order valence-electron chi connectivity index (χ4n) is 1.94. The molecule has 0 spiro atoms. The maximum atomic E-state index is 10.9. The summed E-state index contributed by atoms with van der Waals surface area (Å²) in [5.74, 6) is 0. The van der Waals surface area contributed by atoms with Crippen LogP contribution in [-0.4, -0.2) is 9.85 Å². The smallest absolute Gasteiger partial charge is 0.258 e. The Labute approximate surface area is 125 Å². The van der Waals surface area contributed by atoms with Gasteiger partial charge in [-0.25, -0.2) is 0 Å². The van der Waals surface area contributed by atoms with Gasteiger partial charge in [-0.3, -0.25) is 20.2 Å². The van der Waals surface area contributed by atoms with E-state index in [-0.39, 0.29) is 11.4 Å². The van der Waals surface area contributed by atoms with Crippen LogP contribution in [-0.2, 0) is 0 Å². The summed E-state index contributed by atoms with van der Waals surface area (Å²) in [5.41, 5.74) is 1.20. The highest BCUT2D eigenvalue weighted by Crippen LogP contribution is 2.37. The third-order valence-electron chi connectivity index (χ3n) is 3.12. The molecule has 21 heavy (non-hydrogen) atoms. The van der Waals surface area contributed by atoms with Gasteiger partial charge in [0.1, 0.15) is 0 Å². The van der Waals surface area contributed by atoms with Crippen LogP contribution in [0.15, 0.2) is 46.2 Å². The van der Waals surface area contributed by atoms with Crippen molar-refractivity contribution in [3.8, 4) is 0 Å². The Kier molecular flexibility index (Phi) is 4.23. The average molecular weight is 304 g/mol. The first kappa shape index (κ1) is 15.0. The predicted octanol–water partition coefficient (Wildman–Crippen LogP) is 4.27. The summed E-state index contributed by atoms with van der Waals surface area (Å²) in [7, 11) is 0. The molecule has 0 saturated heterocycles. The molecular formula is C14H12N2O4S. The second-order valence-electron chi connectivity index (χ2n) is 4.42. The van der Waals surface area contributed by atoms with E-state index in [1.54, 1.807) is 38.1 Å². The van der Waals surface area contributed by atoms with Crippen molar-refractivity contribution in [1.82, 2.24) is 0 Å². The lowest BCUT2D eigenvalue weighted by molar-refractivity contribution is -0.385. The highest BCUT2D eigenvalue weighted by atomic mass is 32.2. The number of benzene rings is 2.